The first-order chi connectivity index (χ1) is 5.94. The lowest BCUT2D eigenvalue weighted by Crippen LogP contribution is -2.54. The summed E-state index contributed by atoms with van der Waals surface area (Å²) in [6, 6.07) is 2.10. The predicted molar refractivity (Wildman–Crippen MR) is 50.7 cm³/mol. The molecule has 0 aromatic heterocycles. The van der Waals surface area contributed by atoms with Crippen LogP contribution in [0.25, 0.3) is 0 Å². The first-order valence-electron chi connectivity index (χ1n) is 4.38. The highest BCUT2D eigenvalue weighted by atomic mass is 16.1. The molecule has 4 nitrogen and oxygen atoms in total. The van der Waals surface area contributed by atoms with E-state index in [1.54, 1.807) is 13.8 Å². The van der Waals surface area contributed by atoms with Crippen LogP contribution in [0.5, 0.6) is 0 Å². The molecular weight excluding hydrogens is 166 g/mol. The Morgan fingerprint density at radius 2 is 2.23 bits per heavy atom. The van der Waals surface area contributed by atoms with Crippen LogP contribution in [0.3, 0.4) is 0 Å². The third-order valence-electron chi connectivity index (χ3n) is 2.01. The average Bonchev–Trinajstić information content (AvgIpc) is 2.03. The number of nitrogens with one attached hydrogen (secondary N) is 1. The predicted octanol–water partition coefficient (Wildman–Crippen LogP) is 0.532. The number of nitriles is 1. The Balaban J connectivity index is 4.23. The average molecular weight is 183 g/mol. The van der Waals surface area contributed by atoms with Gasteiger partial charge in [0.25, 0.3) is 0 Å². The number of amides is 1. The van der Waals surface area contributed by atoms with Crippen LogP contribution in [0.1, 0.15) is 33.6 Å². The van der Waals surface area contributed by atoms with Gasteiger partial charge in [0.05, 0.1) is 18.0 Å². The van der Waals surface area contributed by atoms with Crippen LogP contribution in [0.4, 0.5) is 0 Å². The monoisotopic (exact) mass is 183 g/mol. The molecule has 0 rings (SSSR count). The number of nitrogens with two attached hydrogens (primary N) is 1. The van der Waals surface area contributed by atoms with Crippen molar-refractivity contribution in [3.63, 3.8) is 0 Å². The molecule has 0 aliphatic rings. The van der Waals surface area contributed by atoms with Gasteiger partial charge < -0.3 is 5.73 Å². The number of hydrogen-bond acceptors (Lipinski definition) is 3. The highest BCUT2D eigenvalue weighted by Crippen LogP contribution is 2.06. The molecule has 0 aromatic rings. The van der Waals surface area contributed by atoms with Crippen LogP contribution in [-0.4, -0.2) is 17.5 Å². The summed E-state index contributed by atoms with van der Waals surface area (Å²) in [6.07, 6.45) is 1.21. The van der Waals surface area contributed by atoms with Crippen LogP contribution in [0.15, 0.2) is 0 Å². The number of nitrogens with zero attached hydrogens (tertiary/aromatic N) is 1. The van der Waals surface area contributed by atoms with Crippen molar-refractivity contribution in [1.82, 2.24) is 5.32 Å². The molecule has 0 radical (unpaired) electrons. The van der Waals surface area contributed by atoms with Gasteiger partial charge in [0, 0.05) is 6.04 Å². The summed E-state index contributed by atoms with van der Waals surface area (Å²) in [5.74, 6) is -0.399. The van der Waals surface area contributed by atoms with Crippen LogP contribution in [0, 0.1) is 11.3 Å². The smallest absolute Gasteiger partial charge is 0.237 e. The molecule has 0 saturated heterocycles. The molecule has 1 unspecified atom stereocenters. The van der Waals surface area contributed by atoms with E-state index < -0.39 is 11.4 Å². The summed E-state index contributed by atoms with van der Waals surface area (Å²) in [4.78, 5) is 11.0. The SMILES string of the molecule is CCC(CC#N)NC(C)(C)C(N)=O. The van der Waals surface area contributed by atoms with E-state index >= 15 is 0 Å². The van der Waals surface area contributed by atoms with Crippen molar-refractivity contribution in [1.29, 1.82) is 5.26 Å². The Bertz CT molecular complexity index is 217. The van der Waals surface area contributed by atoms with Gasteiger partial charge >= 0.3 is 0 Å². The third-order valence-corrected chi connectivity index (χ3v) is 2.01. The summed E-state index contributed by atoms with van der Waals surface area (Å²) in [7, 11) is 0. The van der Waals surface area contributed by atoms with E-state index in [4.69, 9.17) is 11.0 Å². The fourth-order valence-corrected chi connectivity index (χ4v) is 0.989. The summed E-state index contributed by atoms with van der Waals surface area (Å²) < 4.78 is 0. The number of carbonyl (C=O) groups is 1. The van der Waals surface area contributed by atoms with Crippen LogP contribution < -0.4 is 11.1 Å². The van der Waals surface area contributed by atoms with Crippen LogP contribution >= 0.6 is 0 Å². The lowest BCUT2D eigenvalue weighted by molar-refractivity contribution is -0.123. The minimum atomic E-state index is -0.739. The third kappa shape index (κ3) is 3.90. The van der Waals surface area contributed by atoms with E-state index in [-0.39, 0.29) is 6.04 Å². The van der Waals surface area contributed by atoms with Gasteiger partial charge in [-0.1, -0.05) is 6.92 Å². The Labute approximate surface area is 79.1 Å². The van der Waals surface area contributed by atoms with Crippen molar-refractivity contribution in [3.05, 3.63) is 0 Å². The van der Waals surface area contributed by atoms with Gasteiger partial charge in [0.1, 0.15) is 0 Å². The first-order valence-corrected chi connectivity index (χ1v) is 4.38. The summed E-state index contributed by atoms with van der Waals surface area (Å²) >= 11 is 0. The largest absolute Gasteiger partial charge is 0.368 e. The van der Waals surface area contributed by atoms with Gasteiger partial charge in [0.15, 0.2) is 0 Å². The van der Waals surface area contributed by atoms with Gasteiger partial charge in [-0.05, 0) is 20.3 Å². The minimum absolute atomic E-state index is 0.0347. The molecule has 0 aliphatic carbocycles. The fourth-order valence-electron chi connectivity index (χ4n) is 0.989. The van der Waals surface area contributed by atoms with E-state index in [1.807, 2.05) is 6.92 Å². The molecule has 0 heterocycles. The van der Waals surface area contributed by atoms with Crippen molar-refractivity contribution in [3.8, 4) is 6.07 Å². The zero-order valence-electron chi connectivity index (χ0n) is 8.42. The molecular formula is C9H17N3O. The second-order valence-electron chi connectivity index (χ2n) is 3.60. The van der Waals surface area contributed by atoms with Crippen LogP contribution in [-0.2, 0) is 4.79 Å². The Morgan fingerprint density at radius 1 is 1.69 bits per heavy atom. The van der Waals surface area contributed by atoms with E-state index in [2.05, 4.69) is 11.4 Å². The molecule has 4 heteroatoms. The molecule has 3 N–H and O–H groups in total. The molecule has 74 valence electrons. The second kappa shape index (κ2) is 4.83. The van der Waals surface area contributed by atoms with E-state index in [9.17, 15) is 4.79 Å². The molecule has 0 bridgehead atoms. The lowest BCUT2D eigenvalue weighted by Gasteiger charge is -2.27. The summed E-state index contributed by atoms with van der Waals surface area (Å²) in [5.41, 5.74) is 4.45. The molecule has 0 aliphatic heterocycles. The summed E-state index contributed by atoms with van der Waals surface area (Å²) in [6.45, 7) is 5.40. The molecule has 1 amide bonds. The van der Waals surface area contributed by atoms with E-state index in [1.165, 1.54) is 0 Å². The fraction of sp³-hybridized carbons (Fsp3) is 0.778. The van der Waals surface area contributed by atoms with Crippen LogP contribution in [0.2, 0.25) is 0 Å². The topological polar surface area (TPSA) is 78.9 Å². The van der Waals surface area contributed by atoms with Gasteiger partial charge in [0.2, 0.25) is 5.91 Å². The number of rotatable bonds is 5. The molecule has 0 spiro atoms. The minimum Gasteiger partial charge on any atom is -0.368 e. The van der Waals surface area contributed by atoms with Crippen molar-refractivity contribution in [2.45, 2.75) is 45.2 Å². The standard InChI is InChI=1S/C9H17N3O/c1-4-7(5-6-10)12-9(2,3)8(11)13/h7,12H,4-5H2,1-3H3,(H2,11,13). The number of primary amides is 1. The highest BCUT2D eigenvalue weighted by molar-refractivity contribution is 5.83. The molecule has 0 aromatic carbocycles. The van der Waals surface area contributed by atoms with Gasteiger partial charge in [-0.15, -0.1) is 0 Å². The Hall–Kier alpha value is -1.08. The van der Waals surface area contributed by atoms with E-state index in [0.29, 0.717) is 6.42 Å². The lowest BCUT2D eigenvalue weighted by atomic mass is 10.0. The Morgan fingerprint density at radius 3 is 2.54 bits per heavy atom. The van der Waals surface area contributed by atoms with Crippen molar-refractivity contribution in [2.24, 2.45) is 5.73 Å². The van der Waals surface area contributed by atoms with Gasteiger partial charge in [-0.2, -0.15) is 5.26 Å². The zero-order chi connectivity index (χ0) is 10.5. The van der Waals surface area contributed by atoms with Crippen molar-refractivity contribution in [2.75, 3.05) is 0 Å². The first kappa shape index (κ1) is 11.9. The molecule has 0 fully saturated rings. The highest BCUT2D eigenvalue weighted by Gasteiger charge is 2.26. The summed E-state index contributed by atoms with van der Waals surface area (Å²) in [5, 5.41) is 11.5. The molecule has 13 heavy (non-hydrogen) atoms. The van der Waals surface area contributed by atoms with Gasteiger partial charge in [-0.25, -0.2) is 0 Å². The maximum absolute atomic E-state index is 11.0. The quantitative estimate of drug-likeness (QED) is 0.652. The molecule has 0 saturated carbocycles. The molecule has 1 atom stereocenters. The maximum atomic E-state index is 11.0. The zero-order valence-corrected chi connectivity index (χ0v) is 8.42. The van der Waals surface area contributed by atoms with Gasteiger partial charge in [-0.3, -0.25) is 10.1 Å². The Kier molecular flexibility index (Phi) is 4.43. The second-order valence-corrected chi connectivity index (χ2v) is 3.60. The van der Waals surface area contributed by atoms with Crippen molar-refractivity contribution >= 4 is 5.91 Å². The number of hydrogen-bond donors (Lipinski definition) is 2. The van der Waals surface area contributed by atoms with E-state index in [0.717, 1.165) is 6.42 Å². The number of carbonyl (C=O) groups excluding carboxylic acids is 1. The maximum Gasteiger partial charge on any atom is 0.237 e. The van der Waals surface area contributed by atoms with Crippen molar-refractivity contribution < 1.29 is 4.79 Å². The normalized spacial score (nSPS) is 13.4.